The first kappa shape index (κ1) is 9.69. The second-order valence-electron chi connectivity index (χ2n) is 3.19. The lowest BCUT2D eigenvalue weighted by Crippen LogP contribution is -1.82. The Labute approximate surface area is 101 Å². The molecule has 0 atom stereocenters. The van der Waals surface area contributed by atoms with Gasteiger partial charge in [-0.25, -0.2) is 9.97 Å². The van der Waals surface area contributed by atoms with Gasteiger partial charge < -0.3 is 0 Å². The van der Waals surface area contributed by atoms with Gasteiger partial charge in [-0.3, -0.25) is 4.98 Å². The largest absolute Gasteiger partial charge is 0.255 e. The Balaban J connectivity index is 2.23. The van der Waals surface area contributed by atoms with Gasteiger partial charge in [0.1, 0.15) is 0 Å². The highest BCUT2D eigenvalue weighted by Crippen LogP contribution is 2.34. The van der Waals surface area contributed by atoms with Gasteiger partial charge in [-0.15, -0.1) is 11.3 Å². The van der Waals surface area contributed by atoms with Crippen molar-refractivity contribution in [3.8, 4) is 10.7 Å². The first-order chi connectivity index (χ1) is 7.84. The van der Waals surface area contributed by atoms with E-state index in [0.717, 1.165) is 20.1 Å². The predicted molar refractivity (Wildman–Crippen MR) is 65.7 cm³/mol. The molecule has 0 bridgehead atoms. The van der Waals surface area contributed by atoms with E-state index in [1.165, 1.54) is 0 Å². The van der Waals surface area contributed by atoms with Gasteiger partial charge in [0, 0.05) is 18.6 Å². The average Bonchev–Trinajstić information content (AvgIpc) is 2.76. The highest BCUT2D eigenvalue weighted by atomic mass is 35.5. The summed E-state index contributed by atoms with van der Waals surface area (Å²) in [5.41, 5.74) is 0.889. The van der Waals surface area contributed by atoms with Gasteiger partial charge in [0.05, 0.1) is 20.1 Å². The molecule has 3 aromatic rings. The van der Waals surface area contributed by atoms with Crippen molar-refractivity contribution in [3.63, 3.8) is 0 Å². The fraction of sp³-hybridized carbons (Fsp3) is 0. The third kappa shape index (κ3) is 1.56. The molecule has 3 aromatic heterocycles. The average molecular weight is 248 g/mol. The van der Waals surface area contributed by atoms with Crippen LogP contribution in [-0.4, -0.2) is 15.0 Å². The van der Waals surface area contributed by atoms with Gasteiger partial charge in [0.2, 0.25) is 0 Å². The van der Waals surface area contributed by atoms with E-state index in [1.54, 1.807) is 42.1 Å². The SMILES string of the molecule is Clc1ccnc2cc(-c3ncccn3)sc12. The number of aromatic nitrogens is 3. The van der Waals surface area contributed by atoms with Crippen molar-refractivity contribution < 1.29 is 0 Å². The van der Waals surface area contributed by atoms with Crippen LogP contribution in [0, 0.1) is 0 Å². The Morgan fingerprint density at radius 3 is 2.62 bits per heavy atom. The van der Waals surface area contributed by atoms with E-state index in [9.17, 15) is 0 Å². The summed E-state index contributed by atoms with van der Waals surface area (Å²) in [6.45, 7) is 0. The third-order valence-corrected chi connectivity index (χ3v) is 3.73. The van der Waals surface area contributed by atoms with Crippen LogP contribution in [0.3, 0.4) is 0 Å². The zero-order valence-corrected chi connectivity index (χ0v) is 9.66. The quantitative estimate of drug-likeness (QED) is 0.662. The van der Waals surface area contributed by atoms with Crippen molar-refractivity contribution in [1.82, 2.24) is 15.0 Å². The normalized spacial score (nSPS) is 10.8. The Morgan fingerprint density at radius 1 is 1.06 bits per heavy atom. The molecule has 0 aliphatic heterocycles. The van der Waals surface area contributed by atoms with Crippen molar-refractivity contribution >= 4 is 33.2 Å². The highest BCUT2D eigenvalue weighted by molar-refractivity contribution is 7.22. The summed E-state index contributed by atoms with van der Waals surface area (Å²) in [6, 6.07) is 5.54. The third-order valence-electron chi connectivity index (χ3n) is 2.15. The van der Waals surface area contributed by atoms with Gasteiger partial charge >= 0.3 is 0 Å². The van der Waals surface area contributed by atoms with Crippen molar-refractivity contribution in [2.24, 2.45) is 0 Å². The Kier molecular flexibility index (Phi) is 2.31. The van der Waals surface area contributed by atoms with Crippen molar-refractivity contribution in [3.05, 3.63) is 41.8 Å². The molecule has 0 aromatic carbocycles. The molecule has 0 fully saturated rings. The molecule has 0 saturated carbocycles. The number of halogens is 1. The fourth-order valence-electron chi connectivity index (χ4n) is 1.44. The Bertz CT molecular complexity index is 636. The zero-order chi connectivity index (χ0) is 11.0. The molecule has 0 N–H and O–H groups in total. The van der Waals surface area contributed by atoms with Crippen LogP contribution in [-0.2, 0) is 0 Å². The van der Waals surface area contributed by atoms with Crippen LogP contribution in [0.1, 0.15) is 0 Å². The highest BCUT2D eigenvalue weighted by Gasteiger charge is 2.08. The topological polar surface area (TPSA) is 38.7 Å². The molecule has 0 saturated heterocycles. The number of fused-ring (bicyclic) bond motifs is 1. The summed E-state index contributed by atoms with van der Waals surface area (Å²) in [7, 11) is 0. The molecule has 3 heterocycles. The number of thiophene rings is 1. The monoisotopic (exact) mass is 247 g/mol. The molecule has 3 rings (SSSR count). The van der Waals surface area contributed by atoms with Crippen molar-refractivity contribution in [2.45, 2.75) is 0 Å². The molecule has 0 amide bonds. The standard InChI is InChI=1S/C11H6ClN3S/c12-7-2-5-13-8-6-9(16-10(7)8)11-14-3-1-4-15-11/h1-6H. The lowest BCUT2D eigenvalue weighted by molar-refractivity contribution is 1.19. The van der Waals surface area contributed by atoms with Crippen LogP contribution in [0.5, 0.6) is 0 Å². The molecule has 0 unspecified atom stereocenters. The summed E-state index contributed by atoms with van der Waals surface area (Å²) >= 11 is 7.64. The number of hydrogen-bond donors (Lipinski definition) is 0. The summed E-state index contributed by atoms with van der Waals surface area (Å²) in [6.07, 6.45) is 5.15. The molecular formula is C11H6ClN3S. The smallest absolute Gasteiger partial charge is 0.169 e. The lowest BCUT2D eigenvalue weighted by atomic mass is 10.3. The van der Waals surface area contributed by atoms with E-state index in [-0.39, 0.29) is 0 Å². The van der Waals surface area contributed by atoms with E-state index >= 15 is 0 Å². The fourth-order valence-corrected chi connectivity index (χ4v) is 2.68. The van der Waals surface area contributed by atoms with Crippen LogP contribution >= 0.6 is 22.9 Å². The molecule has 16 heavy (non-hydrogen) atoms. The maximum absolute atomic E-state index is 6.09. The zero-order valence-electron chi connectivity index (χ0n) is 8.09. The van der Waals surface area contributed by atoms with Gasteiger partial charge in [0.25, 0.3) is 0 Å². The minimum atomic E-state index is 0.710. The van der Waals surface area contributed by atoms with E-state index in [1.807, 2.05) is 6.07 Å². The van der Waals surface area contributed by atoms with Gasteiger partial charge in [-0.05, 0) is 18.2 Å². The second-order valence-corrected chi connectivity index (χ2v) is 4.65. The van der Waals surface area contributed by atoms with Crippen LogP contribution in [0.4, 0.5) is 0 Å². The van der Waals surface area contributed by atoms with E-state index in [0.29, 0.717) is 5.82 Å². The summed E-state index contributed by atoms with van der Waals surface area (Å²) in [5.74, 6) is 0.710. The minimum Gasteiger partial charge on any atom is -0.255 e. The molecule has 0 radical (unpaired) electrons. The van der Waals surface area contributed by atoms with Crippen LogP contribution in [0.2, 0.25) is 5.02 Å². The molecule has 0 aliphatic carbocycles. The first-order valence-electron chi connectivity index (χ1n) is 4.66. The summed E-state index contributed by atoms with van der Waals surface area (Å²) in [5, 5.41) is 0.720. The second kappa shape index (κ2) is 3.81. The maximum atomic E-state index is 6.09. The number of rotatable bonds is 1. The van der Waals surface area contributed by atoms with Crippen LogP contribution in [0.15, 0.2) is 36.8 Å². The number of pyridine rings is 1. The summed E-state index contributed by atoms with van der Waals surface area (Å²) in [4.78, 5) is 13.6. The molecular weight excluding hydrogens is 242 g/mol. The maximum Gasteiger partial charge on any atom is 0.169 e. The minimum absolute atomic E-state index is 0.710. The molecule has 0 aliphatic rings. The van der Waals surface area contributed by atoms with E-state index in [2.05, 4.69) is 15.0 Å². The van der Waals surface area contributed by atoms with E-state index in [4.69, 9.17) is 11.6 Å². The van der Waals surface area contributed by atoms with Gasteiger partial charge in [0.15, 0.2) is 5.82 Å². The van der Waals surface area contributed by atoms with Crippen molar-refractivity contribution in [1.29, 1.82) is 0 Å². The first-order valence-corrected chi connectivity index (χ1v) is 5.85. The van der Waals surface area contributed by atoms with Gasteiger partial charge in [-0.2, -0.15) is 0 Å². The molecule has 3 nitrogen and oxygen atoms in total. The number of hydrogen-bond acceptors (Lipinski definition) is 4. The predicted octanol–water partition coefficient (Wildman–Crippen LogP) is 3.41. The summed E-state index contributed by atoms with van der Waals surface area (Å²) < 4.78 is 0.978. The molecule has 78 valence electrons. The number of nitrogens with zero attached hydrogens (tertiary/aromatic N) is 3. The van der Waals surface area contributed by atoms with Crippen LogP contribution in [0.25, 0.3) is 20.9 Å². The Morgan fingerprint density at radius 2 is 1.88 bits per heavy atom. The molecule has 5 heteroatoms. The lowest BCUT2D eigenvalue weighted by Gasteiger charge is -1.91. The van der Waals surface area contributed by atoms with E-state index < -0.39 is 0 Å². The van der Waals surface area contributed by atoms with Crippen LogP contribution < -0.4 is 0 Å². The molecule has 0 spiro atoms. The van der Waals surface area contributed by atoms with Gasteiger partial charge in [-0.1, -0.05) is 11.6 Å². The Hall–Kier alpha value is -1.52. The van der Waals surface area contributed by atoms with Crippen molar-refractivity contribution in [2.75, 3.05) is 0 Å².